The van der Waals surface area contributed by atoms with E-state index in [0.717, 1.165) is 13.0 Å². The van der Waals surface area contributed by atoms with E-state index >= 15 is 0 Å². The molecule has 0 heterocycles. The number of carbonyl (C=O) groups excluding carboxylic acids is 2. The molecule has 13 heteroatoms. The SMILES string of the molecule is CNC(=O)O[C@@H](C(O)C(NC(C)=O)[C@H](/C=C(\C)C(=O)O)N=C(N)N)[C@H](O)CO. The van der Waals surface area contributed by atoms with Gasteiger partial charge in [-0.05, 0) is 13.0 Å². The van der Waals surface area contributed by atoms with Crippen LogP contribution in [0.4, 0.5) is 4.79 Å². The maximum atomic E-state index is 11.6. The molecule has 0 bridgehead atoms. The average molecular weight is 405 g/mol. The number of guanidine groups is 1. The molecule has 10 N–H and O–H groups in total. The van der Waals surface area contributed by atoms with Gasteiger partial charge in [0.15, 0.2) is 12.1 Å². The molecular weight excluding hydrogens is 378 g/mol. The largest absolute Gasteiger partial charge is 0.478 e. The van der Waals surface area contributed by atoms with Gasteiger partial charge in [-0.2, -0.15) is 0 Å². The van der Waals surface area contributed by atoms with Gasteiger partial charge in [0.2, 0.25) is 5.91 Å². The van der Waals surface area contributed by atoms with Gasteiger partial charge in [-0.15, -0.1) is 0 Å². The lowest BCUT2D eigenvalue weighted by Crippen LogP contribution is -2.58. The number of aliphatic hydroxyl groups excluding tert-OH is 3. The lowest BCUT2D eigenvalue weighted by molar-refractivity contribution is -0.132. The van der Waals surface area contributed by atoms with E-state index in [0.29, 0.717) is 0 Å². The van der Waals surface area contributed by atoms with Gasteiger partial charge in [-0.1, -0.05) is 0 Å². The highest BCUT2D eigenvalue weighted by atomic mass is 16.6. The number of carboxylic acid groups (broad SMARTS) is 1. The summed E-state index contributed by atoms with van der Waals surface area (Å²) < 4.78 is 4.87. The number of ether oxygens (including phenoxy) is 1. The molecule has 28 heavy (non-hydrogen) atoms. The van der Waals surface area contributed by atoms with Crippen LogP contribution < -0.4 is 22.1 Å². The Morgan fingerprint density at radius 1 is 1.21 bits per heavy atom. The molecule has 0 aromatic rings. The summed E-state index contributed by atoms with van der Waals surface area (Å²) in [6.07, 6.45) is -5.25. The van der Waals surface area contributed by atoms with E-state index in [1.807, 2.05) is 0 Å². The second kappa shape index (κ2) is 11.7. The zero-order chi connectivity index (χ0) is 22.0. The fraction of sp³-hybridized carbons (Fsp3) is 0.600. The van der Waals surface area contributed by atoms with Crippen LogP contribution in [0.15, 0.2) is 16.6 Å². The first-order valence-electron chi connectivity index (χ1n) is 8.07. The molecule has 0 aliphatic rings. The third kappa shape index (κ3) is 8.20. The van der Waals surface area contributed by atoms with E-state index in [-0.39, 0.29) is 5.57 Å². The van der Waals surface area contributed by atoms with Crippen LogP contribution >= 0.6 is 0 Å². The molecule has 0 radical (unpaired) electrons. The fourth-order valence-electron chi connectivity index (χ4n) is 2.19. The van der Waals surface area contributed by atoms with E-state index < -0.39 is 60.9 Å². The number of carboxylic acids is 1. The zero-order valence-corrected chi connectivity index (χ0v) is 15.7. The fourth-order valence-corrected chi connectivity index (χ4v) is 2.19. The summed E-state index contributed by atoms with van der Waals surface area (Å²) in [7, 11) is 1.23. The molecule has 0 spiro atoms. The van der Waals surface area contributed by atoms with Crippen LogP contribution in [0.1, 0.15) is 13.8 Å². The third-order valence-electron chi connectivity index (χ3n) is 3.51. The van der Waals surface area contributed by atoms with Gasteiger partial charge in [0.1, 0.15) is 12.2 Å². The van der Waals surface area contributed by atoms with Crippen molar-refractivity contribution in [3.63, 3.8) is 0 Å². The van der Waals surface area contributed by atoms with E-state index in [4.69, 9.17) is 21.3 Å². The highest BCUT2D eigenvalue weighted by Crippen LogP contribution is 2.17. The summed E-state index contributed by atoms with van der Waals surface area (Å²) in [6, 6.07) is -2.73. The zero-order valence-electron chi connectivity index (χ0n) is 15.7. The summed E-state index contributed by atoms with van der Waals surface area (Å²) in [4.78, 5) is 38.1. The highest BCUT2D eigenvalue weighted by Gasteiger charge is 2.39. The average Bonchev–Trinajstić information content (AvgIpc) is 2.61. The monoisotopic (exact) mass is 405 g/mol. The van der Waals surface area contributed by atoms with E-state index in [1.165, 1.54) is 14.0 Å². The smallest absolute Gasteiger partial charge is 0.407 e. The molecule has 160 valence electrons. The Morgan fingerprint density at radius 3 is 2.18 bits per heavy atom. The second-order valence-electron chi connectivity index (χ2n) is 5.79. The first kappa shape index (κ1) is 25.1. The standard InChI is InChI=1S/C15H27N5O8/c1-6(13(25)26)4-8(20-14(16)17)10(19-7(2)22)11(24)12(9(23)5-21)28-15(27)18-3/h4,8-12,21,23-24H,5H2,1-3H3,(H,18,27)(H,19,22)(H,25,26)(H4,16,17,20)/b6-4+/t8-,9+,10?,11?,12+/m0/s1. The minimum absolute atomic E-state index is 0.205. The molecule has 0 aromatic carbocycles. The number of nitrogens with one attached hydrogen (secondary N) is 2. The lowest BCUT2D eigenvalue weighted by atomic mass is 9.93. The number of alkyl carbamates (subject to hydrolysis) is 1. The summed E-state index contributed by atoms with van der Waals surface area (Å²) in [6.45, 7) is 1.45. The van der Waals surface area contributed by atoms with Crippen molar-refractivity contribution in [3.05, 3.63) is 11.6 Å². The maximum absolute atomic E-state index is 11.6. The summed E-state index contributed by atoms with van der Waals surface area (Å²) in [5, 5.41) is 43.3. The molecule has 0 saturated heterocycles. The van der Waals surface area contributed by atoms with Crippen molar-refractivity contribution in [1.82, 2.24) is 10.6 Å². The molecule has 0 fully saturated rings. The molecule has 5 atom stereocenters. The number of hydrogen-bond acceptors (Lipinski definition) is 8. The number of amides is 2. The van der Waals surface area contributed by atoms with Crippen LogP contribution in [-0.2, 0) is 14.3 Å². The van der Waals surface area contributed by atoms with Crippen molar-refractivity contribution in [2.75, 3.05) is 13.7 Å². The predicted molar refractivity (Wildman–Crippen MR) is 97.0 cm³/mol. The number of hydrogen-bond donors (Lipinski definition) is 8. The van der Waals surface area contributed by atoms with Gasteiger partial charge in [0.25, 0.3) is 0 Å². The molecular formula is C15H27N5O8. The van der Waals surface area contributed by atoms with Gasteiger partial charge in [-0.3, -0.25) is 4.79 Å². The molecule has 0 aromatic heterocycles. The third-order valence-corrected chi connectivity index (χ3v) is 3.51. The summed E-state index contributed by atoms with van der Waals surface area (Å²) in [5.74, 6) is -2.44. The van der Waals surface area contributed by atoms with Gasteiger partial charge < -0.3 is 47.3 Å². The molecule has 13 nitrogen and oxygen atoms in total. The Kier molecular flexibility index (Phi) is 10.5. The molecule has 0 saturated carbocycles. The molecule has 0 aliphatic carbocycles. The van der Waals surface area contributed by atoms with Crippen LogP contribution in [-0.4, -0.2) is 88.4 Å². The quantitative estimate of drug-likeness (QED) is 0.102. The summed E-state index contributed by atoms with van der Waals surface area (Å²) in [5.41, 5.74) is 10.5. The molecule has 2 unspecified atom stereocenters. The van der Waals surface area contributed by atoms with Crippen molar-refractivity contribution >= 4 is 23.9 Å². The van der Waals surface area contributed by atoms with Crippen molar-refractivity contribution in [2.45, 2.75) is 44.2 Å². The number of carbonyl (C=O) groups is 3. The van der Waals surface area contributed by atoms with Crippen molar-refractivity contribution < 1.29 is 39.5 Å². The lowest BCUT2D eigenvalue weighted by Gasteiger charge is -2.34. The van der Waals surface area contributed by atoms with Gasteiger partial charge in [-0.25, -0.2) is 14.6 Å². The minimum atomic E-state index is -1.84. The predicted octanol–water partition coefficient (Wildman–Crippen LogP) is -3.40. The number of aliphatic hydroxyl groups is 3. The summed E-state index contributed by atoms with van der Waals surface area (Å²) >= 11 is 0. The Labute approximate surface area is 161 Å². The van der Waals surface area contributed by atoms with Gasteiger partial charge in [0, 0.05) is 19.5 Å². The Morgan fingerprint density at radius 2 is 1.79 bits per heavy atom. The Hall–Kier alpha value is -2.90. The highest BCUT2D eigenvalue weighted by molar-refractivity contribution is 5.86. The number of aliphatic carboxylic acids is 1. The first-order valence-corrected chi connectivity index (χ1v) is 8.07. The van der Waals surface area contributed by atoms with Gasteiger partial charge >= 0.3 is 12.1 Å². The second-order valence-corrected chi connectivity index (χ2v) is 5.79. The van der Waals surface area contributed by atoms with Crippen molar-refractivity contribution in [2.24, 2.45) is 16.5 Å². The van der Waals surface area contributed by atoms with Crippen LogP contribution in [0, 0.1) is 0 Å². The Balaban J connectivity index is 6.18. The molecule has 2 amide bonds. The van der Waals surface area contributed by atoms with Crippen LogP contribution in [0.25, 0.3) is 0 Å². The van der Waals surface area contributed by atoms with Crippen molar-refractivity contribution in [3.8, 4) is 0 Å². The van der Waals surface area contributed by atoms with Gasteiger partial charge in [0.05, 0.1) is 18.7 Å². The van der Waals surface area contributed by atoms with E-state index in [9.17, 15) is 29.7 Å². The van der Waals surface area contributed by atoms with Crippen molar-refractivity contribution in [1.29, 1.82) is 0 Å². The Bertz CT molecular complexity index is 620. The molecule has 0 rings (SSSR count). The number of aliphatic imine (C=N–C) groups is 1. The number of nitrogens with zero attached hydrogens (tertiary/aromatic N) is 1. The maximum Gasteiger partial charge on any atom is 0.407 e. The molecule has 0 aliphatic heterocycles. The number of nitrogens with two attached hydrogens (primary N) is 2. The van der Waals surface area contributed by atoms with E-state index in [1.54, 1.807) is 0 Å². The van der Waals surface area contributed by atoms with Crippen LogP contribution in [0.5, 0.6) is 0 Å². The number of rotatable bonds is 10. The topological polar surface area (TPSA) is 230 Å². The first-order chi connectivity index (χ1) is 12.9. The normalized spacial score (nSPS) is 16.7. The minimum Gasteiger partial charge on any atom is -0.478 e. The van der Waals surface area contributed by atoms with Crippen LogP contribution in [0.3, 0.4) is 0 Å². The van der Waals surface area contributed by atoms with Crippen LogP contribution in [0.2, 0.25) is 0 Å². The van der Waals surface area contributed by atoms with E-state index in [2.05, 4.69) is 15.6 Å².